The average molecular weight is 272 g/mol. The van der Waals surface area contributed by atoms with E-state index in [9.17, 15) is 13.2 Å². The summed E-state index contributed by atoms with van der Waals surface area (Å²) < 4.78 is 36.5. The van der Waals surface area contributed by atoms with Gasteiger partial charge >= 0.3 is 6.18 Å². The molecule has 0 atom stereocenters. The summed E-state index contributed by atoms with van der Waals surface area (Å²) in [6.45, 7) is -1.03. The highest BCUT2D eigenvalue weighted by Crippen LogP contribution is 2.28. The number of halogens is 5. The summed E-state index contributed by atoms with van der Waals surface area (Å²) in [6, 6.07) is 4.75. The van der Waals surface area contributed by atoms with Gasteiger partial charge in [0.05, 0.1) is 10.7 Å². The van der Waals surface area contributed by atoms with Crippen LogP contribution in [-0.2, 0) is 5.88 Å². The van der Waals surface area contributed by atoms with Crippen LogP contribution in [-0.4, -0.2) is 19.8 Å². The number of nitrogens with zero attached hydrogens (tertiary/aromatic N) is 1. The first kappa shape index (κ1) is 13.5. The van der Waals surface area contributed by atoms with Crippen LogP contribution in [0.1, 0.15) is 5.56 Å². The van der Waals surface area contributed by atoms with E-state index in [2.05, 4.69) is 0 Å². The van der Waals surface area contributed by atoms with Crippen molar-refractivity contribution >= 4 is 28.9 Å². The Hall–Kier alpha value is -0.610. The zero-order valence-corrected chi connectivity index (χ0v) is 10.00. The normalized spacial score (nSPS) is 11.6. The molecule has 0 N–H and O–H groups in total. The average Bonchev–Trinajstić information content (AvgIpc) is 2.14. The Morgan fingerprint density at radius 1 is 1.31 bits per heavy atom. The van der Waals surface area contributed by atoms with E-state index < -0.39 is 12.7 Å². The molecule has 0 bridgehead atoms. The SMILES string of the molecule is CN(CC(F)(F)F)c1ccc(CCl)cc1Cl. The van der Waals surface area contributed by atoms with Crippen molar-refractivity contribution in [1.82, 2.24) is 0 Å². The number of hydrogen-bond donors (Lipinski definition) is 0. The van der Waals surface area contributed by atoms with Crippen LogP contribution in [0.3, 0.4) is 0 Å². The molecule has 0 fully saturated rings. The molecule has 0 heterocycles. The third-order valence-electron chi connectivity index (χ3n) is 1.99. The van der Waals surface area contributed by atoms with Crippen LogP contribution < -0.4 is 4.90 Å². The van der Waals surface area contributed by atoms with Crippen molar-refractivity contribution in [2.24, 2.45) is 0 Å². The van der Waals surface area contributed by atoms with Crippen molar-refractivity contribution in [3.05, 3.63) is 28.8 Å². The maximum atomic E-state index is 12.2. The van der Waals surface area contributed by atoms with Gasteiger partial charge < -0.3 is 4.90 Å². The van der Waals surface area contributed by atoms with Crippen LogP contribution in [0, 0.1) is 0 Å². The summed E-state index contributed by atoms with van der Waals surface area (Å²) in [6.07, 6.45) is -4.25. The van der Waals surface area contributed by atoms with E-state index in [-0.39, 0.29) is 10.9 Å². The monoisotopic (exact) mass is 271 g/mol. The lowest BCUT2D eigenvalue weighted by Crippen LogP contribution is -2.31. The highest BCUT2D eigenvalue weighted by Gasteiger charge is 2.29. The molecule has 90 valence electrons. The van der Waals surface area contributed by atoms with Crippen molar-refractivity contribution in [2.75, 3.05) is 18.5 Å². The van der Waals surface area contributed by atoms with Gasteiger partial charge in [0, 0.05) is 12.9 Å². The molecule has 0 amide bonds. The summed E-state index contributed by atoms with van der Waals surface area (Å²) in [4.78, 5) is 1.06. The molecule has 0 radical (unpaired) electrons. The molecule has 0 aliphatic carbocycles. The van der Waals surface area contributed by atoms with E-state index in [1.807, 2.05) is 0 Å². The fourth-order valence-corrected chi connectivity index (χ4v) is 1.81. The van der Waals surface area contributed by atoms with Crippen molar-refractivity contribution in [3.63, 3.8) is 0 Å². The Morgan fingerprint density at radius 2 is 1.94 bits per heavy atom. The lowest BCUT2D eigenvalue weighted by atomic mass is 10.2. The molecule has 6 heteroatoms. The molecule has 1 rings (SSSR count). The summed E-state index contributed by atoms with van der Waals surface area (Å²) in [5, 5.41) is 0.268. The zero-order valence-electron chi connectivity index (χ0n) is 8.48. The first-order chi connectivity index (χ1) is 7.33. The first-order valence-electron chi connectivity index (χ1n) is 4.46. The van der Waals surface area contributed by atoms with E-state index in [0.29, 0.717) is 5.69 Å². The number of alkyl halides is 4. The standard InChI is InChI=1S/C10H10Cl2F3N/c1-16(6-10(13,14)15)9-3-2-7(5-11)4-8(9)12/h2-4H,5-6H2,1H3. The van der Waals surface area contributed by atoms with Crippen LogP contribution in [0.15, 0.2) is 18.2 Å². The quantitative estimate of drug-likeness (QED) is 0.749. The van der Waals surface area contributed by atoms with Crippen LogP contribution in [0.5, 0.6) is 0 Å². The highest BCUT2D eigenvalue weighted by atomic mass is 35.5. The van der Waals surface area contributed by atoms with Crippen LogP contribution in [0.25, 0.3) is 0 Å². The van der Waals surface area contributed by atoms with Gasteiger partial charge in [0.15, 0.2) is 0 Å². The maximum absolute atomic E-state index is 12.2. The Bertz CT molecular complexity index is 366. The summed E-state index contributed by atoms with van der Waals surface area (Å²) in [5.41, 5.74) is 1.11. The molecule has 0 unspecified atom stereocenters. The Kier molecular flexibility index (Phi) is 4.33. The van der Waals surface area contributed by atoms with Gasteiger partial charge in [-0.05, 0) is 17.7 Å². The molecule has 1 aromatic rings. The van der Waals surface area contributed by atoms with E-state index in [0.717, 1.165) is 10.5 Å². The van der Waals surface area contributed by atoms with Crippen LogP contribution >= 0.6 is 23.2 Å². The minimum Gasteiger partial charge on any atom is -0.365 e. The molecule has 16 heavy (non-hydrogen) atoms. The highest BCUT2D eigenvalue weighted by molar-refractivity contribution is 6.33. The molecule has 1 nitrogen and oxygen atoms in total. The van der Waals surface area contributed by atoms with Crippen LogP contribution in [0.2, 0.25) is 5.02 Å². The van der Waals surface area contributed by atoms with E-state index >= 15 is 0 Å². The lowest BCUT2D eigenvalue weighted by molar-refractivity contribution is -0.119. The molecular weight excluding hydrogens is 262 g/mol. The van der Waals surface area contributed by atoms with Gasteiger partial charge in [-0.2, -0.15) is 13.2 Å². The molecule has 0 aliphatic rings. The molecular formula is C10H10Cl2F3N. The van der Waals surface area contributed by atoms with Gasteiger partial charge in [0.1, 0.15) is 6.54 Å². The summed E-state index contributed by atoms with van der Waals surface area (Å²) in [7, 11) is 1.34. The molecule has 0 spiro atoms. The minimum absolute atomic E-state index is 0.268. The van der Waals surface area contributed by atoms with Gasteiger partial charge in [-0.1, -0.05) is 17.7 Å². The van der Waals surface area contributed by atoms with Gasteiger partial charge in [-0.15, -0.1) is 11.6 Å². The number of rotatable bonds is 3. The van der Waals surface area contributed by atoms with E-state index in [4.69, 9.17) is 23.2 Å². The Balaban J connectivity index is 2.88. The van der Waals surface area contributed by atoms with Crippen molar-refractivity contribution in [3.8, 4) is 0 Å². The smallest absolute Gasteiger partial charge is 0.365 e. The third kappa shape index (κ3) is 3.76. The molecule has 1 aromatic carbocycles. The third-order valence-corrected chi connectivity index (χ3v) is 2.61. The number of anilines is 1. The van der Waals surface area contributed by atoms with Gasteiger partial charge in [-0.3, -0.25) is 0 Å². The molecule has 0 aromatic heterocycles. The number of benzene rings is 1. The Morgan fingerprint density at radius 3 is 2.38 bits per heavy atom. The maximum Gasteiger partial charge on any atom is 0.405 e. The number of hydrogen-bond acceptors (Lipinski definition) is 1. The van der Waals surface area contributed by atoms with Crippen molar-refractivity contribution < 1.29 is 13.2 Å². The second kappa shape index (κ2) is 5.15. The fraction of sp³-hybridized carbons (Fsp3) is 0.400. The minimum atomic E-state index is -4.25. The predicted molar refractivity (Wildman–Crippen MR) is 60.3 cm³/mol. The summed E-state index contributed by atoms with van der Waals surface area (Å²) >= 11 is 11.4. The fourth-order valence-electron chi connectivity index (χ4n) is 1.30. The van der Waals surface area contributed by atoms with E-state index in [1.54, 1.807) is 12.1 Å². The second-order valence-corrected chi connectivity index (χ2v) is 4.07. The first-order valence-corrected chi connectivity index (χ1v) is 5.37. The molecule has 0 saturated carbocycles. The largest absolute Gasteiger partial charge is 0.405 e. The topological polar surface area (TPSA) is 3.24 Å². The summed E-state index contributed by atoms with van der Waals surface area (Å²) in [5.74, 6) is 0.281. The molecule has 0 aliphatic heterocycles. The van der Waals surface area contributed by atoms with E-state index in [1.165, 1.54) is 13.1 Å². The Labute approximate surface area is 102 Å². The van der Waals surface area contributed by atoms with Gasteiger partial charge in [-0.25, -0.2) is 0 Å². The lowest BCUT2D eigenvalue weighted by Gasteiger charge is -2.22. The van der Waals surface area contributed by atoms with Crippen LogP contribution in [0.4, 0.5) is 18.9 Å². The molecule has 0 saturated heterocycles. The second-order valence-electron chi connectivity index (χ2n) is 3.39. The van der Waals surface area contributed by atoms with Gasteiger partial charge in [0.2, 0.25) is 0 Å². The van der Waals surface area contributed by atoms with Crippen molar-refractivity contribution in [2.45, 2.75) is 12.1 Å². The predicted octanol–water partition coefficient (Wildman–Crippen LogP) is 4.08. The van der Waals surface area contributed by atoms with Gasteiger partial charge in [0.25, 0.3) is 0 Å². The zero-order chi connectivity index (χ0) is 12.3. The van der Waals surface area contributed by atoms with Crippen molar-refractivity contribution in [1.29, 1.82) is 0 Å².